The van der Waals surface area contributed by atoms with E-state index in [1.165, 1.54) is 0 Å². The summed E-state index contributed by atoms with van der Waals surface area (Å²) in [4.78, 5) is 13.9. The third kappa shape index (κ3) is 4.81. The van der Waals surface area contributed by atoms with E-state index in [1.54, 1.807) is 12.4 Å². The van der Waals surface area contributed by atoms with Crippen molar-refractivity contribution in [3.05, 3.63) is 112 Å². The quantitative estimate of drug-likeness (QED) is 0.221. The van der Waals surface area contributed by atoms with Crippen LogP contribution in [0.5, 0.6) is 0 Å². The van der Waals surface area contributed by atoms with Crippen molar-refractivity contribution in [2.75, 3.05) is 0 Å². The molecule has 0 aliphatic rings. The lowest BCUT2D eigenvalue weighted by atomic mass is 10.0. The number of nitriles is 1. The Morgan fingerprint density at radius 1 is 0.618 bits per heavy atom. The lowest BCUT2D eigenvalue weighted by Crippen LogP contribution is -1.96. The first-order valence-corrected chi connectivity index (χ1v) is 12.0. The van der Waals surface area contributed by atoms with Crippen molar-refractivity contribution in [2.24, 2.45) is 0 Å². The zero-order chi connectivity index (χ0) is 23.5. The van der Waals surface area contributed by atoms with Crippen LogP contribution in [0.2, 0.25) is 0 Å². The first kappa shape index (κ1) is 22.1. The van der Waals surface area contributed by atoms with Gasteiger partial charge >= 0.3 is 0 Å². The van der Waals surface area contributed by atoms with Crippen LogP contribution in [0, 0.1) is 11.3 Å². The van der Waals surface area contributed by atoms with E-state index in [4.69, 9.17) is 15.2 Å². The summed E-state index contributed by atoms with van der Waals surface area (Å²) >= 11 is 7.15. The van der Waals surface area contributed by atoms with Gasteiger partial charge in [-0.2, -0.15) is 5.26 Å². The van der Waals surface area contributed by atoms with Gasteiger partial charge in [0.15, 0.2) is 5.82 Å². The molecular weight excluding hydrogens is 552 g/mol. The number of benzene rings is 3. The van der Waals surface area contributed by atoms with Gasteiger partial charge < -0.3 is 0 Å². The van der Waals surface area contributed by atoms with E-state index < -0.39 is 0 Å². The number of nitrogens with zero attached hydrogens (tertiary/aromatic N) is 4. The van der Waals surface area contributed by atoms with Crippen LogP contribution >= 0.6 is 31.9 Å². The van der Waals surface area contributed by atoms with Crippen LogP contribution in [-0.4, -0.2) is 15.0 Å². The molecule has 2 aromatic heterocycles. The van der Waals surface area contributed by atoms with Gasteiger partial charge in [-0.05, 0) is 59.7 Å². The zero-order valence-electron chi connectivity index (χ0n) is 17.8. The molecule has 6 heteroatoms. The fourth-order valence-electron chi connectivity index (χ4n) is 3.64. The van der Waals surface area contributed by atoms with Gasteiger partial charge in [0.2, 0.25) is 0 Å². The predicted molar refractivity (Wildman–Crippen MR) is 142 cm³/mol. The average Bonchev–Trinajstić information content (AvgIpc) is 2.88. The Hall–Kier alpha value is -3.66. The summed E-state index contributed by atoms with van der Waals surface area (Å²) in [5.74, 6) is 0.618. The number of hydrogen-bond donors (Lipinski definition) is 0. The topological polar surface area (TPSA) is 62.5 Å². The highest BCUT2D eigenvalue weighted by Gasteiger charge is 2.12. The molecule has 3 aromatic carbocycles. The fourth-order valence-corrected chi connectivity index (χ4v) is 4.93. The lowest BCUT2D eigenvalue weighted by Gasteiger charge is -2.10. The Bertz CT molecular complexity index is 1490. The average molecular weight is 568 g/mol. The van der Waals surface area contributed by atoms with Gasteiger partial charge in [0.25, 0.3) is 0 Å². The third-order valence-electron chi connectivity index (χ3n) is 5.33. The SMILES string of the molecule is N#Cc1ccc(-c2ccc(-c3cc(-c4cc(Br)cc(Br)c4)nc(-c4cccnc4)n3)cc2)cc1. The van der Waals surface area contributed by atoms with E-state index in [0.29, 0.717) is 11.4 Å². The minimum absolute atomic E-state index is 0.618. The molecule has 162 valence electrons. The van der Waals surface area contributed by atoms with Crippen molar-refractivity contribution < 1.29 is 0 Å². The second-order valence-corrected chi connectivity index (χ2v) is 9.46. The molecule has 5 aromatic rings. The molecule has 0 radical (unpaired) electrons. The van der Waals surface area contributed by atoms with Crippen molar-refractivity contribution in [1.29, 1.82) is 5.26 Å². The molecule has 5 rings (SSSR count). The summed E-state index contributed by atoms with van der Waals surface area (Å²) in [5.41, 5.74) is 7.25. The van der Waals surface area contributed by atoms with Gasteiger partial charge in [0, 0.05) is 38.0 Å². The fraction of sp³-hybridized carbons (Fsp3) is 0. The number of aromatic nitrogens is 3. The molecule has 0 saturated carbocycles. The molecule has 0 aliphatic carbocycles. The van der Waals surface area contributed by atoms with E-state index in [2.05, 4.69) is 67.2 Å². The van der Waals surface area contributed by atoms with Crippen molar-refractivity contribution in [2.45, 2.75) is 0 Å². The second-order valence-electron chi connectivity index (χ2n) is 7.63. The van der Waals surface area contributed by atoms with Gasteiger partial charge in [0.1, 0.15) is 0 Å². The van der Waals surface area contributed by atoms with Crippen LogP contribution in [0.3, 0.4) is 0 Å². The van der Waals surface area contributed by atoms with Crippen LogP contribution in [0.25, 0.3) is 45.0 Å². The molecule has 4 nitrogen and oxygen atoms in total. The number of hydrogen-bond acceptors (Lipinski definition) is 4. The molecule has 0 spiro atoms. The Morgan fingerprint density at radius 2 is 1.21 bits per heavy atom. The van der Waals surface area contributed by atoms with Crippen molar-refractivity contribution in [3.8, 4) is 51.1 Å². The summed E-state index contributed by atoms with van der Waals surface area (Å²) in [6, 6.07) is 29.9. The predicted octanol–water partition coefficient (Wildman–Crippen LogP) is 7.94. The largest absolute Gasteiger partial charge is 0.264 e. The summed E-state index contributed by atoms with van der Waals surface area (Å²) in [6.07, 6.45) is 3.51. The molecule has 0 fully saturated rings. The van der Waals surface area contributed by atoms with Crippen molar-refractivity contribution in [3.63, 3.8) is 0 Å². The summed E-state index contributed by atoms with van der Waals surface area (Å²) in [6.45, 7) is 0. The van der Waals surface area contributed by atoms with Crippen LogP contribution < -0.4 is 0 Å². The Morgan fingerprint density at radius 3 is 1.79 bits per heavy atom. The summed E-state index contributed by atoms with van der Waals surface area (Å²) in [7, 11) is 0. The van der Waals surface area contributed by atoms with E-state index in [9.17, 15) is 0 Å². The maximum Gasteiger partial charge on any atom is 0.161 e. The number of rotatable bonds is 4. The highest BCUT2D eigenvalue weighted by Crippen LogP contribution is 2.31. The molecule has 0 aliphatic heterocycles. The second kappa shape index (κ2) is 9.68. The molecule has 2 heterocycles. The van der Waals surface area contributed by atoms with E-state index in [-0.39, 0.29) is 0 Å². The Labute approximate surface area is 214 Å². The lowest BCUT2D eigenvalue weighted by molar-refractivity contribution is 1.17. The molecule has 0 N–H and O–H groups in total. The van der Waals surface area contributed by atoms with Crippen LogP contribution in [0.1, 0.15) is 5.56 Å². The Balaban J connectivity index is 1.59. The van der Waals surface area contributed by atoms with Gasteiger partial charge in [-0.1, -0.05) is 68.3 Å². The molecule has 0 amide bonds. The molecule has 0 saturated heterocycles. The molecule has 0 atom stereocenters. The van der Waals surface area contributed by atoms with E-state index in [0.717, 1.165) is 48.2 Å². The molecule has 0 unspecified atom stereocenters. The van der Waals surface area contributed by atoms with Gasteiger partial charge in [-0.3, -0.25) is 4.98 Å². The zero-order valence-corrected chi connectivity index (χ0v) is 21.0. The van der Waals surface area contributed by atoms with Crippen LogP contribution in [0.4, 0.5) is 0 Å². The third-order valence-corrected chi connectivity index (χ3v) is 6.25. The van der Waals surface area contributed by atoms with Gasteiger partial charge in [-0.15, -0.1) is 0 Å². The van der Waals surface area contributed by atoms with Gasteiger partial charge in [-0.25, -0.2) is 9.97 Å². The first-order valence-electron chi connectivity index (χ1n) is 10.5. The standard InChI is InChI=1S/C28H16Br2N4/c29-24-12-23(13-25(30)14-24)27-15-26(33-28(34-27)22-2-1-11-32-17-22)21-9-7-20(8-10-21)19-5-3-18(16-31)4-6-19/h1-15,17H. The van der Waals surface area contributed by atoms with Crippen molar-refractivity contribution >= 4 is 31.9 Å². The van der Waals surface area contributed by atoms with Gasteiger partial charge in [0.05, 0.1) is 23.0 Å². The number of pyridine rings is 1. The molecule has 0 bridgehead atoms. The normalized spacial score (nSPS) is 10.6. The minimum atomic E-state index is 0.618. The highest BCUT2D eigenvalue weighted by molar-refractivity contribution is 9.11. The smallest absolute Gasteiger partial charge is 0.161 e. The molecular formula is C28H16Br2N4. The Kier molecular flexibility index (Phi) is 6.31. The summed E-state index contributed by atoms with van der Waals surface area (Å²) in [5, 5.41) is 9.03. The van der Waals surface area contributed by atoms with Crippen LogP contribution in [-0.2, 0) is 0 Å². The monoisotopic (exact) mass is 566 g/mol. The van der Waals surface area contributed by atoms with Crippen LogP contribution in [0.15, 0.2) is 106 Å². The first-order chi connectivity index (χ1) is 16.6. The highest BCUT2D eigenvalue weighted by atomic mass is 79.9. The maximum atomic E-state index is 9.03. The minimum Gasteiger partial charge on any atom is -0.264 e. The van der Waals surface area contributed by atoms with Crippen molar-refractivity contribution in [1.82, 2.24) is 15.0 Å². The summed E-state index contributed by atoms with van der Waals surface area (Å²) < 4.78 is 1.93. The van der Waals surface area contributed by atoms with E-state index in [1.807, 2.05) is 60.7 Å². The van der Waals surface area contributed by atoms with E-state index >= 15 is 0 Å². The number of halogens is 2. The molecule has 34 heavy (non-hydrogen) atoms. The maximum absolute atomic E-state index is 9.03.